The van der Waals surface area contributed by atoms with E-state index in [0.717, 1.165) is 39.9 Å². The van der Waals surface area contributed by atoms with E-state index < -0.39 is 0 Å². The van der Waals surface area contributed by atoms with E-state index in [1.54, 1.807) is 6.20 Å². The number of pyridine rings is 2. The van der Waals surface area contributed by atoms with E-state index in [9.17, 15) is 5.11 Å². The quantitative estimate of drug-likeness (QED) is 0.550. The predicted molar refractivity (Wildman–Crippen MR) is 111 cm³/mol. The maximum absolute atomic E-state index is 9.71. The van der Waals surface area contributed by atoms with Crippen LogP contribution >= 0.6 is 15.9 Å². The second-order valence-electron chi connectivity index (χ2n) is 7.11. The van der Waals surface area contributed by atoms with E-state index in [1.165, 1.54) is 12.8 Å². The summed E-state index contributed by atoms with van der Waals surface area (Å²) in [6.45, 7) is 0.912. The number of nitrogens with one attached hydrogen (secondary N) is 2. The molecule has 1 aliphatic carbocycles. The number of aromatic nitrogens is 3. The van der Waals surface area contributed by atoms with E-state index in [0.29, 0.717) is 18.5 Å². The fourth-order valence-electron chi connectivity index (χ4n) is 3.79. The van der Waals surface area contributed by atoms with Crippen molar-refractivity contribution in [1.29, 1.82) is 0 Å². The van der Waals surface area contributed by atoms with Gasteiger partial charge in [-0.3, -0.25) is 4.98 Å². The minimum atomic E-state index is 0.238. The molecule has 0 spiro atoms. The van der Waals surface area contributed by atoms with Crippen LogP contribution in [0.2, 0.25) is 0 Å². The summed E-state index contributed by atoms with van der Waals surface area (Å²) in [7, 11) is 0. The van der Waals surface area contributed by atoms with Gasteiger partial charge in [0.05, 0.1) is 16.2 Å². The molecule has 4 rings (SSSR count). The molecule has 0 bridgehead atoms. The average molecular weight is 430 g/mol. The van der Waals surface area contributed by atoms with E-state index in [2.05, 4.69) is 48.8 Å². The minimum Gasteiger partial charge on any atom is -0.396 e. The first-order chi connectivity index (χ1) is 13.2. The van der Waals surface area contributed by atoms with Crippen LogP contribution in [0.5, 0.6) is 0 Å². The van der Waals surface area contributed by atoms with Gasteiger partial charge in [-0.25, -0.2) is 4.52 Å². The normalized spacial score (nSPS) is 19.9. The van der Waals surface area contributed by atoms with Crippen molar-refractivity contribution in [2.24, 2.45) is 5.92 Å². The molecule has 0 aromatic carbocycles. The Kier molecular flexibility index (Phi) is 5.59. The number of nitrogens with zero attached hydrogens (tertiary/aromatic N) is 3. The van der Waals surface area contributed by atoms with Gasteiger partial charge in [0, 0.05) is 49.3 Å². The largest absolute Gasteiger partial charge is 0.396 e. The van der Waals surface area contributed by atoms with Crippen molar-refractivity contribution in [3.8, 4) is 0 Å². The molecule has 2 atom stereocenters. The number of halogens is 1. The molecule has 2 unspecified atom stereocenters. The number of aliphatic hydroxyl groups is 1. The van der Waals surface area contributed by atoms with Gasteiger partial charge < -0.3 is 15.7 Å². The summed E-state index contributed by atoms with van der Waals surface area (Å²) in [5, 5.41) is 21.3. The number of hydrogen-bond acceptors (Lipinski definition) is 5. The van der Waals surface area contributed by atoms with Crippen LogP contribution in [-0.4, -0.2) is 32.4 Å². The van der Waals surface area contributed by atoms with Crippen molar-refractivity contribution in [3.05, 3.63) is 52.9 Å². The Bertz CT molecular complexity index is 898. The summed E-state index contributed by atoms with van der Waals surface area (Å²) in [4.78, 5) is 4.17. The number of hydrogen-bond donors (Lipinski definition) is 3. The molecule has 1 aliphatic rings. The van der Waals surface area contributed by atoms with E-state index >= 15 is 0 Å². The van der Waals surface area contributed by atoms with Crippen molar-refractivity contribution < 1.29 is 5.11 Å². The van der Waals surface area contributed by atoms with Gasteiger partial charge in [-0.15, -0.1) is 0 Å². The smallest absolute Gasteiger partial charge is 0.130 e. The molecule has 1 saturated carbocycles. The fourth-order valence-corrected chi connectivity index (χ4v) is 4.17. The zero-order valence-electron chi connectivity index (χ0n) is 15.1. The summed E-state index contributed by atoms with van der Waals surface area (Å²) >= 11 is 3.59. The molecule has 0 aliphatic heterocycles. The lowest BCUT2D eigenvalue weighted by atomic mass is 9.85. The van der Waals surface area contributed by atoms with Gasteiger partial charge in [-0.1, -0.05) is 18.9 Å². The van der Waals surface area contributed by atoms with E-state index in [-0.39, 0.29) is 6.61 Å². The number of aliphatic hydroxyl groups excluding tert-OH is 1. The molecule has 6 nitrogen and oxygen atoms in total. The highest BCUT2D eigenvalue weighted by molar-refractivity contribution is 9.10. The topological polar surface area (TPSA) is 74.5 Å². The average Bonchev–Trinajstić information content (AvgIpc) is 3.08. The van der Waals surface area contributed by atoms with Gasteiger partial charge in [0.15, 0.2) is 0 Å². The number of fused-ring (bicyclic) bond motifs is 1. The van der Waals surface area contributed by atoms with Gasteiger partial charge in [-0.2, -0.15) is 5.10 Å². The number of rotatable bonds is 6. The molecule has 3 heterocycles. The second kappa shape index (κ2) is 8.27. The van der Waals surface area contributed by atoms with Crippen LogP contribution in [0.25, 0.3) is 5.52 Å². The van der Waals surface area contributed by atoms with Crippen molar-refractivity contribution >= 4 is 33.0 Å². The molecule has 3 aromatic heterocycles. The fraction of sp³-hybridized carbons (Fsp3) is 0.400. The molecule has 0 saturated heterocycles. The summed E-state index contributed by atoms with van der Waals surface area (Å²) in [5.74, 6) is 1.23. The van der Waals surface area contributed by atoms with E-state index in [4.69, 9.17) is 0 Å². The van der Waals surface area contributed by atoms with Crippen LogP contribution < -0.4 is 10.6 Å². The van der Waals surface area contributed by atoms with Crippen molar-refractivity contribution in [2.75, 3.05) is 17.2 Å². The van der Waals surface area contributed by atoms with Gasteiger partial charge in [0.25, 0.3) is 0 Å². The summed E-state index contributed by atoms with van der Waals surface area (Å²) < 4.78 is 2.86. The Morgan fingerprint density at radius 1 is 1.22 bits per heavy atom. The van der Waals surface area contributed by atoms with Crippen LogP contribution in [0.3, 0.4) is 0 Å². The highest BCUT2D eigenvalue weighted by Gasteiger charge is 2.24. The van der Waals surface area contributed by atoms with Crippen LogP contribution in [0.15, 0.2) is 47.3 Å². The zero-order chi connectivity index (χ0) is 18.6. The van der Waals surface area contributed by atoms with Crippen molar-refractivity contribution in [2.45, 2.75) is 38.3 Å². The summed E-state index contributed by atoms with van der Waals surface area (Å²) in [6.07, 6.45) is 10.0. The maximum atomic E-state index is 9.71. The molecule has 0 amide bonds. The number of anilines is 2. The first kappa shape index (κ1) is 18.3. The molecule has 7 heteroatoms. The van der Waals surface area contributed by atoms with E-state index in [1.807, 2.05) is 29.0 Å². The van der Waals surface area contributed by atoms with Crippen molar-refractivity contribution in [3.63, 3.8) is 0 Å². The molecular formula is C20H24BrN5O. The third-order valence-corrected chi connectivity index (χ3v) is 5.88. The lowest BCUT2D eigenvalue weighted by Crippen LogP contribution is -2.34. The standard InChI is InChI=1S/C20H24BrN5O/c21-17-12-24-26-19(17)8-16(25-18-6-2-1-5-15(18)13-27)9-20(26)23-11-14-4-3-7-22-10-14/h3-4,7-10,12,15,18,23,25,27H,1-2,5-6,11,13H2. The maximum Gasteiger partial charge on any atom is 0.130 e. The first-order valence-electron chi connectivity index (χ1n) is 9.42. The SMILES string of the molecule is OCC1CCCCC1Nc1cc(NCc2cccnc2)n2ncc(Br)c2c1. The Morgan fingerprint density at radius 3 is 2.93 bits per heavy atom. The lowest BCUT2D eigenvalue weighted by Gasteiger charge is -2.31. The molecule has 27 heavy (non-hydrogen) atoms. The third-order valence-electron chi connectivity index (χ3n) is 5.26. The van der Waals surface area contributed by atoms with Crippen LogP contribution in [0.4, 0.5) is 11.5 Å². The zero-order valence-corrected chi connectivity index (χ0v) is 16.7. The Balaban J connectivity index is 1.60. The van der Waals surface area contributed by atoms with Gasteiger partial charge >= 0.3 is 0 Å². The monoisotopic (exact) mass is 429 g/mol. The first-order valence-corrected chi connectivity index (χ1v) is 10.2. The molecular weight excluding hydrogens is 406 g/mol. The molecule has 1 fully saturated rings. The van der Waals surface area contributed by atoms with Crippen LogP contribution in [-0.2, 0) is 6.54 Å². The van der Waals surface area contributed by atoms with Gasteiger partial charge in [0.2, 0.25) is 0 Å². The second-order valence-corrected chi connectivity index (χ2v) is 7.97. The Labute approximate surface area is 167 Å². The highest BCUT2D eigenvalue weighted by Crippen LogP contribution is 2.30. The predicted octanol–water partition coefficient (Wildman–Crippen LogP) is 4.07. The summed E-state index contributed by atoms with van der Waals surface area (Å²) in [6, 6.07) is 8.49. The van der Waals surface area contributed by atoms with Gasteiger partial charge in [-0.05, 0) is 46.5 Å². The molecule has 3 N–H and O–H groups in total. The highest BCUT2D eigenvalue weighted by atomic mass is 79.9. The lowest BCUT2D eigenvalue weighted by molar-refractivity contribution is 0.178. The van der Waals surface area contributed by atoms with Crippen LogP contribution in [0, 0.1) is 5.92 Å². The van der Waals surface area contributed by atoms with Gasteiger partial charge in [0.1, 0.15) is 5.82 Å². The molecule has 142 valence electrons. The molecule has 3 aromatic rings. The summed E-state index contributed by atoms with van der Waals surface area (Å²) in [5.41, 5.74) is 3.16. The van der Waals surface area contributed by atoms with Crippen molar-refractivity contribution in [1.82, 2.24) is 14.6 Å². The molecule has 0 radical (unpaired) electrons. The van der Waals surface area contributed by atoms with Crippen LogP contribution in [0.1, 0.15) is 31.2 Å². The minimum absolute atomic E-state index is 0.238. The third kappa shape index (κ3) is 4.09. The Morgan fingerprint density at radius 2 is 2.11 bits per heavy atom. The Hall–Kier alpha value is -2.12.